The van der Waals surface area contributed by atoms with Crippen molar-refractivity contribution in [3.05, 3.63) is 54.3 Å². The molecule has 0 amide bonds. The van der Waals surface area contributed by atoms with E-state index < -0.39 is 5.82 Å². The van der Waals surface area contributed by atoms with Crippen LogP contribution in [0.5, 0.6) is 5.75 Å². The van der Waals surface area contributed by atoms with Gasteiger partial charge in [0.15, 0.2) is 5.82 Å². The van der Waals surface area contributed by atoms with Crippen LogP contribution in [0.25, 0.3) is 0 Å². The Morgan fingerprint density at radius 1 is 1.10 bits per heavy atom. The van der Waals surface area contributed by atoms with E-state index in [1.54, 1.807) is 43.3 Å². The number of halogens is 1. The fraction of sp³-hybridized carbons (Fsp3) is 0.133. The highest BCUT2D eigenvalue weighted by Crippen LogP contribution is 2.22. The molecule has 0 bridgehead atoms. The first-order valence-electron chi connectivity index (χ1n) is 6.16. The van der Waals surface area contributed by atoms with Gasteiger partial charge in [-0.2, -0.15) is 5.11 Å². The Morgan fingerprint density at radius 3 is 2.45 bits per heavy atom. The molecule has 0 saturated carbocycles. The van der Waals surface area contributed by atoms with Crippen LogP contribution in [-0.2, 0) is 4.79 Å². The number of carbonyl (C=O) groups is 1. The maximum atomic E-state index is 13.3. The standard InChI is InChI=1S/C15H13FN2O2/c1-2-15(19)20-12-9-7-11(8-10-12)17-18-14-6-4-3-5-13(14)16/h3-10H,2H2,1H3. The van der Waals surface area contributed by atoms with Crippen molar-refractivity contribution in [3.8, 4) is 5.75 Å². The molecule has 0 aromatic heterocycles. The lowest BCUT2D eigenvalue weighted by molar-refractivity contribution is -0.134. The zero-order valence-corrected chi connectivity index (χ0v) is 10.9. The Balaban J connectivity index is 2.07. The largest absolute Gasteiger partial charge is 0.427 e. The highest BCUT2D eigenvalue weighted by Gasteiger charge is 2.01. The first-order chi connectivity index (χ1) is 9.69. The fourth-order valence-electron chi connectivity index (χ4n) is 1.43. The molecule has 0 aliphatic carbocycles. The van der Waals surface area contributed by atoms with Crippen LogP contribution >= 0.6 is 0 Å². The van der Waals surface area contributed by atoms with Crippen LogP contribution in [-0.4, -0.2) is 5.97 Å². The van der Waals surface area contributed by atoms with Gasteiger partial charge >= 0.3 is 5.97 Å². The van der Waals surface area contributed by atoms with E-state index in [-0.39, 0.29) is 11.7 Å². The summed E-state index contributed by atoms with van der Waals surface area (Å²) in [7, 11) is 0. The molecule has 0 spiro atoms. The molecule has 0 atom stereocenters. The molecule has 0 N–H and O–H groups in total. The Hall–Kier alpha value is -2.56. The molecule has 2 rings (SSSR count). The molecular weight excluding hydrogens is 259 g/mol. The average molecular weight is 272 g/mol. The lowest BCUT2D eigenvalue weighted by Crippen LogP contribution is -2.04. The molecule has 102 valence electrons. The summed E-state index contributed by atoms with van der Waals surface area (Å²) < 4.78 is 18.4. The maximum Gasteiger partial charge on any atom is 0.310 e. The molecule has 0 saturated heterocycles. The molecule has 5 heteroatoms. The molecule has 4 nitrogen and oxygen atoms in total. The number of benzene rings is 2. The van der Waals surface area contributed by atoms with Crippen LogP contribution in [0.2, 0.25) is 0 Å². The first kappa shape index (κ1) is 13.9. The van der Waals surface area contributed by atoms with E-state index in [1.807, 2.05) is 0 Å². The fourth-order valence-corrected chi connectivity index (χ4v) is 1.43. The van der Waals surface area contributed by atoms with Crippen LogP contribution in [0.4, 0.5) is 15.8 Å². The SMILES string of the molecule is CCC(=O)Oc1ccc(N=Nc2ccccc2F)cc1. The van der Waals surface area contributed by atoms with Crippen LogP contribution < -0.4 is 4.74 Å². The number of hydrogen-bond donors (Lipinski definition) is 0. The van der Waals surface area contributed by atoms with Crippen molar-refractivity contribution in [1.82, 2.24) is 0 Å². The number of hydrogen-bond acceptors (Lipinski definition) is 4. The molecule has 2 aromatic carbocycles. The van der Waals surface area contributed by atoms with Gasteiger partial charge in [0.2, 0.25) is 0 Å². The molecule has 0 fully saturated rings. The van der Waals surface area contributed by atoms with Crippen molar-refractivity contribution in [2.75, 3.05) is 0 Å². The third kappa shape index (κ3) is 3.71. The van der Waals surface area contributed by atoms with Crippen LogP contribution in [0.1, 0.15) is 13.3 Å². The molecule has 0 aliphatic heterocycles. The first-order valence-corrected chi connectivity index (χ1v) is 6.16. The summed E-state index contributed by atoms with van der Waals surface area (Å²) in [6, 6.07) is 12.6. The van der Waals surface area contributed by atoms with Gasteiger partial charge in [0.25, 0.3) is 0 Å². The van der Waals surface area contributed by atoms with E-state index >= 15 is 0 Å². The topological polar surface area (TPSA) is 51.0 Å². The summed E-state index contributed by atoms with van der Waals surface area (Å²) in [5.41, 5.74) is 0.721. The van der Waals surface area contributed by atoms with Crippen molar-refractivity contribution in [2.24, 2.45) is 10.2 Å². The molecule has 0 radical (unpaired) electrons. The van der Waals surface area contributed by atoms with Gasteiger partial charge in [0, 0.05) is 6.42 Å². The summed E-state index contributed by atoms with van der Waals surface area (Å²) in [6.45, 7) is 1.72. The van der Waals surface area contributed by atoms with E-state index in [2.05, 4.69) is 10.2 Å². The number of ether oxygens (including phenoxy) is 1. The minimum absolute atomic E-state index is 0.175. The normalized spacial score (nSPS) is 10.7. The zero-order valence-electron chi connectivity index (χ0n) is 10.9. The zero-order chi connectivity index (χ0) is 14.4. The highest BCUT2D eigenvalue weighted by atomic mass is 19.1. The Morgan fingerprint density at radius 2 is 1.80 bits per heavy atom. The third-order valence-corrected chi connectivity index (χ3v) is 2.48. The van der Waals surface area contributed by atoms with Crippen molar-refractivity contribution < 1.29 is 13.9 Å². The maximum absolute atomic E-state index is 13.3. The number of azo groups is 1. The second-order valence-corrected chi connectivity index (χ2v) is 3.97. The summed E-state index contributed by atoms with van der Waals surface area (Å²) in [5.74, 6) is -0.280. The Kier molecular flexibility index (Phi) is 4.55. The van der Waals surface area contributed by atoms with Crippen molar-refractivity contribution in [2.45, 2.75) is 13.3 Å². The van der Waals surface area contributed by atoms with Gasteiger partial charge in [-0.15, -0.1) is 5.11 Å². The summed E-state index contributed by atoms with van der Waals surface area (Å²) in [6.07, 6.45) is 0.314. The van der Waals surface area contributed by atoms with E-state index in [9.17, 15) is 9.18 Å². The van der Waals surface area contributed by atoms with Gasteiger partial charge in [-0.25, -0.2) is 4.39 Å². The van der Waals surface area contributed by atoms with Gasteiger partial charge in [-0.1, -0.05) is 19.1 Å². The van der Waals surface area contributed by atoms with Crippen LogP contribution in [0.3, 0.4) is 0 Å². The predicted molar refractivity (Wildman–Crippen MR) is 72.9 cm³/mol. The number of rotatable bonds is 4. The molecule has 0 heterocycles. The summed E-state index contributed by atoms with van der Waals surface area (Å²) in [5, 5.41) is 7.75. The Bertz CT molecular complexity index is 624. The number of esters is 1. The second kappa shape index (κ2) is 6.56. The minimum Gasteiger partial charge on any atom is -0.427 e. The van der Waals surface area contributed by atoms with Crippen molar-refractivity contribution >= 4 is 17.3 Å². The van der Waals surface area contributed by atoms with E-state index in [0.29, 0.717) is 17.9 Å². The summed E-state index contributed by atoms with van der Waals surface area (Å²) >= 11 is 0. The molecule has 2 aromatic rings. The molecule has 0 unspecified atom stereocenters. The van der Waals surface area contributed by atoms with E-state index in [0.717, 1.165) is 0 Å². The Labute approximate surface area is 115 Å². The van der Waals surface area contributed by atoms with Gasteiger partial charge in [0.05, 0.1) is 5.69 Å². The quantitative estimate of drug-likeness (QED) is 0.465. The second-order valence-electron chi connectivity index (χ2n) is 3.97. The van der Waals surface area contributed by atoms with E-state index in [1.165, 1.54) is 12.1 Å². The number of carbonyl (C=O) groups excluding carboxylic acids is 1. The molecule has 0 aliphatic rings. The van der Waals surface area contributed by atoms with E-state index in [4.69, 9.17) is 4.74 Å². The van der Waals surface area contributed by atoms with Gasteiger partial charge in [-0.05, 0) is 36.4 Å². The van der Waals surface area contributed by atoms with Crippen molar-refractivity contribution in [3.63, 3.8) is 0 Å². The van der Waals surface area contributed by atoms with Crippen LogP contribution in [0.15, 0.2) is 58.8 Å². The summed E-state index contributed by atoms with van der Waals surface area (Å²) in [4.78, 5) is 11.1. The lowest BCUT2D eigenvalue weighted by atomic mass is 10.3. The van der Waals surface area contributed by atoms with Crippen molar-refractivity contribution in [1.29, 1.82) is 0 Å². The monoisotopic (exact) mass is 272 g/mol. The molecule has 20 heavy (non-hydrogen) atoms. The van der Waals surface area contributed by atoms with Crippen LogP contribution in [0, 0.1) is 5.82 Å². The minimum atomic E-state index is -0.426. The highest BCUT2D eigenvalue weighted by molar-refractivity contribution is 5.72. The molecular formula is C15H13FN2O2. The predicted octanol–water partition coefficient (Wildman–Crippen LogP) is 4.56. The lowest BCUT2D eigenvalue weighted by Gasteiger charge is -2.01. The van der Waals surface area contributed by atoms with Gasteiger partial charge in [0.1, 0.15) is 11.4 Å². The number of nitrogens with zero attached hydrogens (tertiary/aromatic N) is 2. The third-order valence-electron chi connectivity index (χ3n) is 2.48. The van der Waals surface area contributed by atoms with Gasteiger partial charge in [-0.3, -0.25) is 4.79 Å². The average Bonchev–Trinajstić information content (AvgIpc) is 2.48. The smallest absolute Gasteiger partial charge is 0.310 e. The van der Waals surface area contributed by atoms with Gasteiger partial charge < -0.3 is 4.74 Å².